The third-order valence-corrected chi connectivity index (χ3v) is 3.64. The predicted octanol–water partition coefficient (Wildman–Crippen LogP) is 3.29. The molecule has 126 valence electrons. The van der Waals surface area contributed by atoms with Gasteiger partial charge in [0, 0.05) is 23.2 Å². The first-order valence-electron chi connectivity index (χ1n) is 7.34. The summed E-state index contributed by atoms with van der Waals surface area (Å²) in [6.07, 6.45) is 0.694. The second-order valence-electron chi connectivity index (χ2n) is 5.22. The molecule has 0 spiro atoms. The maximum Gasteiger partial charge on any atom is 0.272 e. The standard InChI is InChI=1S/C17H17ClN2O4/c1-12-10-15(6-7-16(12)20(22)23)24-11-17(21)19-9-8-13-2-4-14(18)5-3-13/h2-7,10H,8-9,11H2,1H3,(H,19,21). The summed E-state index contributed by atoms with van der Waals surface area (Å²) in [5.74, 6) is 0.172. The van der Waals surface area contributed by atoms with Gasteiger partial charge in [-0.2, -0.15) is 0 Å². The summed E-state index contributed by atoms with van der Waals surface area (Å²) in [6, 6.07) is 11.8. The monoisotopic (exact) mass is 348 g/mol. The van der Waals surface area contributed by atoms with Crippen molar-refractivity contribution in [3.05, 3.63) is 68.7 Å². The maximum absolute atomic E-state index is 11.8. The van der Waals surface area contributed by atoms with Gasteiger partial charge in [-0.1, -0.05) is 23.7 Å². The second-order valence-corrected chi connectivity index (χ2v) is 5.66. The summed E-state index contributed by atoms with van der Waals surface area (Å²) in [7, 11) is 0. The first-order chi connectivity index (χ1) is 11.5. The molecular formula is C17H17ClN2O4. The van der Waals surface area contributed by atoms with Crippen LogP contribution in [0.25, 0.3) is 0 Å². The fraction of sp³-hybridized carbons (Fsp3) is 0.235. The van der Waals surface area contributed by atoms with Gasteiger partial charge in [0.2, 0.25) is 0 Å². The van der Waals surface area contributed by atoms with E-state index >= 15 is 0 Å². The molecule has 6 nitrogen and oxygen atoms in total. The van der Waals surface area contributed by atoms with Crippen molar-refractivity contribution in [1.29, 1.82) is 0 Å². The van der Waals surface area contributed by atoms with Gasteiger partial charge in [0.1, 0.15) is 5.75 Å². The van der Waals surface area contributed by atoms with E-state index in [-0.39, 0.29) is 18.2 Å². The van der Waals surface area contributed by atoms with Crippen LogP contribution < -0.4 is 10.1 Å². The van der Waals surface area contributed by atoms with Gasteiger partial charge in [-0.05, 0) is 43.2 Å². The van der Waals surface area contributed by atoms with Crippen molar-refractivity contribution in [1.82, 2.24) is 5.32 Å². The number of nitro benzene ring substituents is 1. The zero-order chi connectivity index (χ0) is 17.5. The lowest BCUT2D eigenvalue weighted by atomic mass is 10.1. The van der Waals surface area contributed by atoms with Gasteiger partial charge in [0.25, 0.3) is 11.6 Å². The van der Waals surface area contributed by atoms with Crippen molar-refractivity contribution < 1.29 is 14.5 Å². The number of carbonyl (C=O) groups excluding carboxylic acids is 1. The number of benzene rings is 2. The van der Waals surface area contributed by atoms with Crippen LogP contribution in [-0.2, 0) is 11.2 Å². The van der Waals surface area contributed by atoms with Gasteiger partial charge in [0.05, 0.1) is 4.92 Å². The number of carbonyl (C=O) groups is 1. The normalized spacial score (nSPS) is 10.2. The number of ether oxygens (including phenoxy) is 1. The fourth-order valence-corrected chi connectivity index (χ4v) is 2.25. The molecule has 0 aromatic heterocycles. The summed E-state index contributed by atoms with van der Waals surface area (Å²) >= 11 is 5.81. The van der Waals surface area contributed by atoms with Crippen molar-refractivity contribution in [2.75, 3.05) is 13.2 Å². The van der Waals surface area contributed by atoms with E-state index in [1.54, 1.807) is 25.1 Å². The molecule has 0 aliphatic carbocycles. The number of nitro groups is 1. The number of hydrogen-bond acceptors (Lipinski definition) is 4. The first kappa shape index (κ1) is 17.7. The minimum atomic E-state index is -0.456. The quantitative estimate of drug-likeness (QED) is 0.615. The lowest BCUT2D eigenvalue weighted by Gasteiger charge is -2.08. The zero-order valence-corrected chi connectivity index (χ0v) is 13.9. The molecule has 0 aliphatic heterocycles. The van der Waals surface area contributed by atoms with E-state index < -0.39 is 4.92 Å². The van der Waals surface area contributed by atoms with E-state index in [0.717, 1.165) is 5.56 Å². The Balaban J connectivity index is 1.76. The maximum atomic E-state index is 11.8. The predicted molar refractivity (Wildman–Crippen MR) is 91.5 cm³/mol. The summed E-state index contributed by atoms with van der Waals surface area (Å²) in [5, 5.41) is 14.2. The van der Waals surface area contributed by atoms with Crippen molar-refractivity contribution in [2.24, 2.45) is 0 Å². The Bertz CT molecular complexity index is 732. The van der Waals surface area contributed by atoms with Crippen molar-refractivity contribution in [3.8, 4) is 5.75 Å². The summed E-state index contributed by atoms with van der Waals surface area (Å²) in [4.78, 5) is 22.0. The molecular weight excluding hydrogens is 332 g/mol. The van der Waals surface area contributed by atoms with E-state index in [9.17, 15) is 14.9 Å². The Hall–Kier alpha value is -2.60. The van der Waals surface area contributed by atoms with Crippen LogP contribution in [0.2, 0.25) is 5.02 Å². The number of amides is 1. The number of nitrogens with zero attached hydrogens (tertiary/aromatic N) is 1. The van der Waals surface area contributed by atoms with Crippen LogP contribution in [0.5, 0.6) is 5.75 Å². The topological polar surface area (TPSA) is 81.5 Å². The summed E-state index contributed by atoms with van der Waals surface area (Å²) < 4.78 is 5.35. The van der Waals surface area contributed by atoms with Gasteiger partial charge < -0.3 is 10.1 Å². The van der Waals surface area contributed by atoms with Crippen molar-refractivity contribution in [2.45, 2.75) is 13.3 Å². The highest BCUT2D eigenvalue weighted by Crippen LogP contribution is 2.22. The Morgan fingerprint density at radius 2 is 1.96 bits per heavy atom. The SMILES string of the molecule is Cc1cc(OCC(=O)NCCc2ccc(Cl)cc2)ccc1[N+](=O)[O-]. The number of halogens is 1. The van der Waals surface area contributed by atoms with Crippen LogP contribution in [0.15, 0.2) is 42.5 Å². The molecule has 24 heavy (non-hydrogen) atoms. The zero-order valence-electron chi connectivity index (χ0n) is 13.1. The largest absolute Gasteiger partial charge is 0.484 e. The molecule has 0 saturated heterocycles. The molecule has 1 N–H and O–H groups in total. The van der Waals surface area contributed by atoms with Crippen LogP contribution in [-0.4, -0.2) is 24.0 Å². The van der Waals surface area contributed by atoms with Gasteiger partial charge in [-0.3, -0.25) is 14.9 Å². The van der Waals surface area contributed by atoms with Gasteiger partial charge in [0.15, 0.2) is 6.61 Å². The van der Waals surface area contributed by atoms with E-state index in [1.807, 2.05) is 12.1 Å². The van der Waals surface area contributed by atoms with Gasteiger partial charge in [-0.25, -0.2) is 0 Å². The number of aryl methyl sites for hydroxylation is 1. The Morgan fingerprint density at radius 3 is 2.58 bits per heavy atom. The van der Waals surface area contributed by atoms with Crippen molar-refractivity contribution >= 4 is 23.2 Å². The third-order valence-electron chi connectivity index (χ3n) is 3.38. The number of nitrogens with one attached hydrogen (secondary N) is 1. The minimum Gasteiger partial charge on any atom is -0.484 e. The molecule has 1 amide bonds. The molecule has 0 bridgehead atoms. The highest BCUT2D eigenvalue weighted by molar-refractivity contribution is 6.30. The van der Waals surface area contributed by atoms with E-state index in [4.69, 9.17) is 16.3 Å². The van der Waals surface area contributed by atoms with Gasteiger partial charge >= 0.3 is 0 Å². The van der Waals surface area contributed by atoms with Crippen molar-refractivity contribution in [3.63, 3.8) is 0 Å². The van der Waals surface area contributed by atoms with Crippen LogP contribution in [0, 0.1) is 17.0 Å². The van der Waals surface area contributed by atoms with Crippen LogP contribution in [0.1, 0.15) is 11.1 Å². The molecule has 0 unspecified atom stereocenters. The van der Waals surface area contributed by atoms with E-state index in [2.05, 4.69) is 5.32 Å². The van der Waals surface area contributed by atoms with Gasteiger partial charge in [-0.15, -0.1) is 0 Å². The Kier molecular flexibility index (Phi) is 6.14. The highest BCUT2D eigenvalue weighted by atomic mass is 35.5. The first-order valence-corrected chi connectivity index (χ1v) is 7.72. The van der Waals surface area contributed by atoms with Crippen LogP contribution in [0.3, 0.4) is 0 Å². The lowest BCUT2D eigenvalue weighted by molar-refractivity contribution is -0.385. The molecule has 0 radical (unpaired) electrons. The molecule has 2 aromatic carbocycles. The highest BCUT2D eigenvalue weighted by Gasteiger charge is 2.11. The average Bonchev–Trinajstić information content (AvgIpc) is 2.54. The molecule has 0 atom stereocenters. The smallest absolute Gasteiger partial charge is 0.272 e. The molecule has 0 aliphatic rings. The lowest BCUT2D eigenvalue weighted by Crippen LogP contribution is -2.30. The summed E-state index contributed by atoms with van der Waals surface area (Å²) in [5.41, 5.74) is 1.59. The Labute approximate surface area is 144 Å². The van der Waals surface area contributed by atoms with E-state index in [1.165, 1.54) is 12.1 Å². The Morgan fingerprint density at radius 1 is 1.25 bits per heavy atom. The molecule has 2 aromatic rings. The third kappa shape index (κ3) is 5.24. The fourth-order valence-electron chi connectivity index (χ4n) is 2.12. The molecule has 0 heterocycles. The molecule has 0 fully saturated rings. The second kappa shape index (κ2) is 8.31. The summed E-state index contributed by atoms with van der Waals surface area (Å²) in [6.45, 7) is 1.97. The number of rotatable bonds is 7. The average molecular weight is 349 g/mol. The van der Waals surface area contributed by atoms with Crippen LogP contribution in [0.4, 0.5) is 5.69 Å². The molecule has 7 heteroatoms. The van der Waals surface area contributed by atoms with Crippen LogP contribution >= 0.6 is 11.6 Å². The molecule has 2 rings (SSSR count). The molecule has 0 saturated carbocycles. The minimum absolute atomic E-state index is 0.0229. The number of hydrogen-bond donors (Lipinski definition) is 1. The van der Waals surface area contributed by atoms with E-state index in [0.29, 0.717) is 29.3 Å².